The molecule has 0 bridgehead atoms. The Morgan fingerprint density at radius 3 is 2.57 bits per heavy atom. The first-order valence-corrected chi connectivity index (χ1v) is 7.08. The molecule has 3 rings (SSSR count). The third-order valence-corrected chi connectivity index (χ3v) is 3.78. The van der Waals surface area contributed by atoms with E-state index in [1.54, 1.807) is 36.4 Å². The molecule has 1 saturated heterocycles. The van der Waals surface area contributed by atoms with Crippen molar-refractivity contribution >= 4 is 52.5 Å². The van der Waals surface area contributed by atoms with Crippen molar-refractivity contribution in [2.75, 3.05) is 0 Å². The van der Waals surface area contributed by atoms with E-state index in [0.717, 1.165) is 5.56 Å². The van der Waals surface area contributed by atoms with Crippen molar-refractivity contribution in [3.63, 3.8) is 0 Å². The van der Waals surface area contributed by atoms with E-state index in [0.29, 0.717) is 27.3 Å². The van der Waals surface area contributed by atoms with E-state index in [-0.39, 0.29) is 11.0 Å². The van der Waals surface area contributed by atoms with Gasteiger partial charge in [-0.2, -0.15) is 0 Å². The Morgan fingerprint density at radius 1 is 1.10 bits per heavy atom. The molecule has 4 nitrogen and oxygen atoms in total. The van der Waals surface area contributed by atoms with Crippen LogP contribution in [0.2, 0.25) is 10.0 Å². The second kappa shape index (κ2) is 5.52. The molecule has 2 heterocycles. The van der Waals surface area contributed by atoms with Gasteiger partial charge in [-0.3, -0.25) is 10.1 Å². The van der Waals surface area contributed by atoms with Gasteiger partial charge in [0, 0.05) is 11.6 Å². The van der Waals surface area contributed by atoms with Crippen LogP contribution in [0, 0.1) is 0 Å². The Kier molecular flexibility index (Phi) is 3.71. The SMILES string of the molecule is O=C1NC(=S)N/C1=C/c1ccc(-c2ccc(Cl)c(Cl)c2)o1. The number of amides is 1. The van der Waals surface area contributed by atoms with E-state index in [1.165, 1.54) is 0 Å². The zero-order valence-electron chi connectivity index (χ0n) is 10.4. The van der Waals surface area contributed by atoms with Gasteiger partial charge in [0.25, 0.3) is 5.91 Å². The predicted molar refractivity (Wildman–Crippen MR) is 86.0 cm³/mol. The zero-order valence-corrected chi connectivity index (χ0v) is 12.8. The lowest BCUT2D eigenvalue weighted by Gasteiger charge is -1.99. The fraction of sp³-hybridized carbons (Fsp3) is 0. The van der Waals surface area contributed by atoms with Crippen molar-refractivity contribution in [2.24, 2.45) is 0 Å². The highest BCUT2D eigenvalue weighted by Gasteiger charge is 2.20. The van der Waals surface area contributed by atoms with Gasteiger partial charge in [-0.1, -0.05) is 23.2 Å². The maximum atomic E-state index is 11.5. The first kappa shape index (κ1) is 14.1. The number of hydrogen-bond donors (Lipinski definition) is 2. The Balaban J connectivity index is 1.90. The summed E-state index contributed by atoms with van der Waals surface area (Å²) >= 11 is 16.7. The molecule has 106 valence electrons. The number of halogens is 2. The topological polar surface area (TPSA) is 54.3 Å². The molecular weight excluding hydrogens is 331 g/mol. The molecule has 0 aliphatic carbocycles. The average Bonchev–Trinajstić information content (AvgIpc) is 3.01. The lowest BCUT2D eigenvalue weighted by atomic mass is 10.2. The fourth-order valence-electron chi connectivity index (χ4n) is 1.86. The molecular formula is C14H8Cl2N2O2S. The van der Waals surface area contributed by atoms with Crippen LogP contribution in [0.5, 0.6) is 0 Å². The Hall–Kier alpha value is -1.82. The molecule has 1 amide bonds. The standard InChI is InChI=1S/C14H8Cl2N2O2S/c15-9-3-1-7(5-10(9)16)12-4-2-8(20-12)6-11-13(19)18-14(21)17-11/h1-6H,(H2,17,18,19,21)/b11-6+. The minimum absolute atomic E-state index is 0.280. The van der Waals surface area contributed by atoms with Crippen LogP contribution in [0.15, 0.2) is 40.4 Å². The van der Waals surface area contributed by atoms with Gasteiger partial charge in [-0.05, 0) is 42.5 Å². The van der Waals surface area contributed by atoms with Crippen molar-refractivity contribution in [1.82, 2.24) is 10.6 Å². The van der Waals surface area contributed by atoms with Crippen LogP contribution in [0.1, 0.15) is 5.76 Å². The maximum absolute atomic E-state index is 11.5. The molecule has 1 aromatic heterocycles. The molecule has 1 fully saturated rings. The van der Waals surface area contributed by atoms with Gasteiger partial charge in [0.1, 0.15) is 17.2 Å². The van der Waals surface area contributed by atoms with E-state index in [9.17, 15) is 4.79 Å². The van der Waals surface area contributed by atoms with Crippen LogP contribution >= 0.6 is 35.4 Å². The second-order valence-electron chi connectivity index (χ2n) is 4.30. The lowest BCUT2D eigenvalue weighted by Crippen LogP contribution is -2.21. The second-order valence-corrected chi connectivity index (χ2v) is 5.52. The fourth-order valence-corrected chi connectivity index (χ4v) is 2.36. The van der Waals surface area contributed by atoms with Crippen LogP contribution in [0.4, 0.5) is 0 Å². The number of furan rings is 1. The quantitative estimate of drug-likeness (QED) is 0.648. The molecule has 0 radical (unpaired) electrons. The largest absolute Gasteiger partial charge is 0.457 e. The molecule has 0 unspecified atom stereocenters. The summed E-state index contributed by atoms with van der Waals surface area (Å²) in [5, 5.41) is 6.44. The molecule has 1 aliphatic heterocycles. The zero-order chi connectivity index (χ0) is 15.0. The number of nitrogens with one attached hydrogen (secondary N) is 2. The van der Waals surface area contributed by atoms with Crippen molar-refractivity contribution in [3.05, 3.63) is 51.8 Å². The summed E-state index contributed by atoms with van der Waals surface area (Å²) in [7, 11) is 0. The summed E-state index contributed by atoms with van der Waals surface area (Å²) in [6.07, 6.45) is 1.58. The van der Waals surface area contributed by atoms with Gasteiger partial charge in [0.05, 0.1) is 10.0 Å². The monoisotopic (exact) mass is 338 g/mol. The highest BCUT2D eigenvalue weighted by molar-refractivity contribution is 7.80. The number of rotatable bonds is 2. The Labute approximate surface area is 135 Å². The van der Waals surface area contributed by atoms with Gasteiger partial charge in [-0.15, -0.1) is 0 Å². The van der Waals surface area contributed by atoms with Gasteiger partial charge >= 0.3 is 0 Å². The average molecular weight is 339 g/mol. The van der Waals surface area contributed by atoms with E-state index in [1.807, 2.05) is 0 Å². The summed E-state index contributed by atoms with van der Waals surface area (Å²) < 4.78 is 5.67. The van der Waals surface area contributed by atoms with E-state index in [4.69, 9.17) is 39.8 Å². The van der Waals surface area contributed by atoms with Crippen molar-refractivity contribution in [3.8, 4) is 11.3 Å². The number of thiocarbonyl (C=S) groups is 1. The molecule has 1 aliphatic rings. The van der Waals surface area contributed by atoms with Crippen LogP contribution in [-0.4, -0.2) is 11.0 Å². The minimum Gasteiger partial charge on any atom is -0.457 e. The third-order valence-electron chi connectivity index (χ3n) is 2.84. The molecule has 1 aromatic carbocycles. The molecule has 2 aromatic rings. The Morgan fingerprint density at radius 2 is 1.90 bits per heavy atom. The van der Waals surface area contributed by atoms with E-state index < -0.39 is 0 Å². The Bertz CT molecular complexity index is 783. The van der Waals surface area contributed by atoms with E-state index in [2.05, 4.69) is 10.6 Å². The number of carbonyl (C=O) groups is 1. The first-order valence-electron chi connectivity index (χ1n) is 5.92. The highest BCUT2D eigenvalue weighted by atomic mass is 35.5. The van der Waals surface area contributed by atoms with Crippen LogP contribution in [0.3, 0.4) is 0 Å². The molecule has 0 spiro atoms. The third kappa shape index (κ3) is 2.95. The van der Waals surface area contributed by atoms with Crippen molar-refractivity contribution < 1.29 is 9.21 Å². The van der Waals surface area contributed by atoms with Crippen LogP contribution in [-0.2, 0) is 4.79 Å². The minimum atomic E-state index is -0.285. The van der Waals surface area contributed by atoms with Gasteiger partial charge < -0.3 is 9.73 Å². The van der Waals surface area contributed by atoms with Gasteiger partial charge in [-0.25, -0.2) is 0 Å². The smallest absolute Gasteiger partial charge is 0.274 e. The highest BCUT2D eigenvalue weighted by Crippen LogP contribution is 2.30. The molecule has 7 heteroatoms. The van der Waals surface area contributed by atoms with Gasteiger partial charge in [0.15, 0.2) is 5.11 Å². The molecule has 2 N–H and O–H groups in total. The normalized spacial score (nSPS) is 16.2. The summed E-state index contributed by atoms with van der Waals surface area (Å²) in [4.78, 5) is 11.5. The van der Waals surface area contributed by atoms with E-state index >= 15 is 0 Å². The maximum Gasteiger partial charge on any atom is 0.274 e. The number of carbonyl (C=O) groups excluding carboxylic acids is 1. The number of benzene rings is 1. The van der Waals surface area contributed by atoms with Gasteiger partial charge in [0.2, 0.25) is 0 Å². The predicted octanol–water partition coefficient (Wildman–Crippen LogP) is 3.60. The summed E-state index contributed by atoms with van der Waals surface area (Å²) in [5.74, 6) is 0.868. The summed E-state index contributed by atoms with van der Waals surface area (Å²) in [6, 6.07) is 8.76. The summed E-state index contributed by atoms with van der Waals surface area (Å²) in [5.41, 5.74) is 1.14. The molecule has 0 saturated carbocycles. The van der Waals surface area contributed by atoms with Crippen molar-refractivity contribution in [2.45, 2.75) is 0 Å². The molecule has 0 atom stereocenters. The van der Waals surface area contributed by atoms with Crippen LogP contribution in [0.25, 0.3) is 17.4 Å². The first-order chi connectivity index (χ1) is 10.0. The lowest BCUT2D eigenvalue weighted by molar-refractivity contribution is -0.115. The summed E-state index contributed by atoms with van der Waals surface area (Å²) in [6.45, 7) is 0. The number of hydrogen-bond acceptors (Lipinski definition) is 3. The van der Waals surface area contributed by atoms with Crippen molar-refractivity contribution in [1.29, 1.82) is 0 Å². The molecule has 21 heavy (non-hydrogen) atoms. The van der Waals surface area contributed by atoms with Crippen LogP contribution < -0.4 is 10.6 Å².